The highest BCUT2D eigenvalue weighted by Gasteiger charge is 2.21. The molecular weight excluding hydrogens is 229 g/mol. The van der Waals surface area contributed by atoms with Gasteiger partial charge in [-0.05, 0) is 30.2 Å². The summed E-state index contributed by atoms with van der Waals surface area (Å²) >= 11 is 0. The van der Waals surface area contributed by atoms with Crippen LogP contribution in [0.5, 0.6) is 0 Å². The minimum Gasteiger partial charge on any atom is -0.271 e. The number of rotatable bonds is 5. The van der Waals surface area contributed by atoms with Crippen molar-refractivity contribution in [1.82, 2.24) is 10.4 Å². The average Bonchev–Trinajstić information content (AvgIpc) is 2.24. The summed E-state index contributed by atoms with van der Waals surface area (Å²) in [5.74, 6) is 5.72. The van der Waals surface area contributed by atoms with Crippen molar-refractivity contribution in [2.45, 2.75) is 46.6 Å². The number of nitrogens with zero attached hydrogens (tertiary/aromatic N) is 1. The highest BCUT2D eigenvalue weighted by Crippen LogP contribution is 2.30. The highest BCUT2D eigenvalue weighted by molar-refractivity contribution is 5.17. The van der Waals surface area contributed by atoms with Gasteiger partial charge in [-0.25, -0.2) is 4.39 Å². The van der Waals surface area contributed by atoms with Crippen LogP contribution in [-0.2, 0) is 0 Å². The molecule has 1 heterocycles. The standard InChI is InChI=1S/C14H24FN3/c1-10(8-14(2,3)4)7-13(18-16)11-5-6-17-9-12(11)15/h5-6,9-10,13,18H,7-8,16H2,1-4H3. The number of nitrogens with one attached hydrogen (secondary N) is 1. The maximum absolute atomic E-state index is 13.7. The van der Waals surface area contributed by atoms with Gasteiger partial charge in [-0.15, -0.1) is 0 Å². The van der Waals surface area contributed by atoms with E-state index in [2.05, 4.69) is 38.1 Å². The van der Waals surface area contributed by atoms with Gasteiger partial charge >= 0.3 is 0 Å². The zero-order valence-corrected chi connectivity index (χ0v) is 11.7. The van der Waals surface area contributed by atoms with E-state index in [4.69, 9.17) is 5.84 Å². The Kier molecular flexibility index (Phi) is 5.23. The van der Waals surface area contributed by atoms with Crippen LogP contribution >= 0.6 is 0 Å². The van der Waals surface area contributed by atoms with Gasteiger partial charge in [-0.1, -0.05) is 27.7 Å². The Bertz CT molecular complexity index is 374. The number of pyridine rings is 1. The molecule has 0 aromatic carbocycles. The molecule has 0 aliphatic carbocycles. The third-order valence-corrected chi connectivity index (χ3v) is 2.98. The third-order valence-electron chi connectivity index (χ3n) is 2.98. The van der Waals surface area contributed by atoms with E-state index in [1.54, 1.807) is 12.3 Å². The summed E-state index contributed by atoms with van der Waals surface area (Å²) in [4.78, 5) is 3.76. The lowest BCUT2D eigenvalue weighted by Crippen LogP contribution is -2.30. The van der Waals surface area contributed by atoms with Crippen LogP contribution in [0.3, 0.4) is 0 Å². The fraction of sp³-hybridized carbons (Fsp3) is 0.643. The normalized spacial score (nSPS) is 15.4. The molecule has 2 atom stereocenters. The summed E-state index contributed by atoms with van der Waals surface area (Å²) in [6.07, 6.45) is 4.72. The Morgan fingerprint density at radius 1 is 1.44 bits per heavy atom. The summed E-state index contributed by atoms with van der Waals surface area (Å²) in [7, 11) is 0. The molecule has 1 rings (SSSR count). The predicted octanol–water partition coefficient (Wildman–Crippen LogP) is 3.19. The first-order chi connectivity index (χ1) is 8.33. The summed E-state index contributed by atoms with van der Waals surface area (Å²) in [6, 6.07) is 1.52. The van der Waals surface area contributed by atoms with Gasteiger partial charge in [0.2, 0.25) is 0 Å². The van der Waals surface area contributed by atoms with Gasteiger partial charge in [0.25, 0.3) is 0 Å². The second kappa shape index (κ2) is 6.25. The van der Waals surface area contributed by atoms with E-state index >= 15 is 0 Å². The molecule has 1 aromatic rings. The third kappa shape index (κ3) is 4.70. The van der Waals surface area contributed by atoms with Crippen molar-refractivity contribution >= 4 is 0 Å². The predicted molar refractivity (Wildman–Crippen MR) is 72.1 cm³/mol. The highest BCUT2D eigenvalue weighted by atomic mass is 19.1. The molecular formula is C14H24FN3. The number of aromatic nitrogens is 1. The summed E-state index contributed by atoms with van der Waals surface area (Å²) in [5, 5.41) is 0. The number of halogens is 1. The largest absolute Gasteiger partial charge is 0.271 e. The monoisotopic (exact) mass is 253 g/mol. The average molecular weight is 253 g/mol. The van der Waals surface area contributed by atoms with Gasteiger partial charge in [0, 0.05) is 17.8 Å². The molecule has 2 unspecified atom stereocenters. The van der Waals surface area contributed by atoms with Gasteiger partial charge in [0.1, 0.15) is 5.82 Å². The van der Waals surface area contributed by atoms with Gasteiger partial charge in [0.15, 0.2) is 0 Å². The smallest absolute Gasteiger partial charge is 0.146 e. The Labute approximate surface area is 109 Å². The second-order valence-electron chi connectivity index (χ2n) is 6.22. The van der Waals surface area contributed by atoms with Crippen LogP contribution in [0.25, 0.3) is 0 Å². The number of hydrazine groups is 1. The van der Waals surface area contributed by atoms with Crippen LogP contribution in [0, 0.1) is 17.2 Å². The lowest BCUT2D eigenvalue weighted by atomic mass is 9.82. The lowest BCUT2D eigenvalue weighted by molar-refractivity contribution is 0.274. The van der Waals surface area contributed by atoms with Crippen LogP contribution in [0.1, 0.15) is 52.1 Å². The summed E-state index contributed by atoms with van der Waals surface area (Å²) < 4.78 is 13.7. The SMILES string of the molecule is CC(CC(NN)c1ccncc1F)CC(C)(C)C. The molecule has 0 aliphatic rings. The van der Waals surface area contributed by atoms with E-state index < -0.39 is 0 Å². The van der Waals surface area contributed by atoms with E-state index in [1.807, 2.05) is 0 Å². The minimum atomic E-state index is -0.302. The van der Waals surface area contributed by atoms with E-state index in [1.165, 1.54) is 6.20 Å². The zero-order valence-electron chi connectivity index (χ0n) is 11.7. The van der Waals surface area contributed by atoms with Crippen LogP contribution in [-0.4, -0.2) is 4.98 Å². The first-order valence-electron chi connectivity index (χ1n) is 6.39. The Hall–Kier alpha value is -1.00. The molecule has 1 aromatic heterocycles. The van der Waals surface area contributed by atoms with Crippen molar-refractivity contribution in [3.63, 3.8) is 0 Å². The van der Waals surface area contributed by atoms with Crippen molar-refractivity contribution in [2.24, 2.45) is 17.2 Å². The van der Waals surface area contributed by atoms with Crippen LogP contribution in [0.4, 0.5) is 4.39 Å². The van der Waals surface area contributed by atoms with Crippen LogP contribution in [0.15, 0.2) is 18.5 Å². The molecule has 0 saturated heterocycles. The summed E-state index contributed by atoms with van der Waals surface area (Å²) in [5.41, 5.74) is 3.57. The van der Waals surface area contributed by atoms with Crippen molar-refractivity contribution in [3.8, 4) is 0 Å². The molecule has 0 saturated carbocycles. The second-order valence-corrected chi connectivity index (χ2v) is 6.22. The molecule has 0 spiro atoms. The lowest BCUT2D eigenvalue weighted by Gasteiger charge is -2.26. The van der Waals surface area contributed by atoms with E-state index in [9.17, 15) is 4.39 Å². The molecule has 4 heteroatoms. The van der Waals surface area contributed by atoms with Crippen molar-refractivity contribution in [3.05, 3.63) is 29.8 Å². The quantitative estimate of drug-likeness (QED) is 0.626. The number of hydrogen-bond donors (Lipinski definition) is 2. The Morgan fingerprint density at radius 2 is 2.11 bits per heavy atom. The Balaban J connectivity index is 2.71. The fourth-order valence-electron chi connectivity index (χ4n) is 2.48. The molecule has 102 valence electrons. The first kappa shape index (κ1) is 15.1. The van der Waals surface area contributed by atoms with Crippen LogP contribution < -0.4 is 11.3 Å². The maximum Gasteiger partial charge on any atom is 0.146 e. The molecule has 0 aliphatic heterocycles. The molecule has 0 amide bonds. The molecule has 3 nitrogen and oxygen atoms in total. The fourth-order valence-corrected chi connectivity index (χ4v) is 2.48. The van der Waals surface area contributed by atoms with Gasteiger partial charge in [-0.3, -0.25) is 16.3 Å². The van der Waals surface area contributed by atoms with Gasteiger partial charge in [-0.2, -0.15) is 0 Å². The number of hydrogen-bond acceptors (Lipinski definition) is 3. The zero-order chi connectivity index (χ0) is 13.8. The summed E-state index contributed by atoms with van der Waals surface area (Å²) in [6.45, 7) is 8.80. The van der Waals surface area contributed by atoms with E-state index in [-0.39, 0.29) is 17.3 Å². The Morgan fingerprint density at radius 3 is 2.61 bits per heavy atom. The van der Waals surface area contributed by atoms with E-state index in [0.717, 1.165) is 12.8 Å². The first-order valence-corrected chi connectivity index (χ1v) is 6.39. The molecule has 0 fully saturated rings. The van der Waals surface area contributed by atoms with Crippen LogP contribution in [0.2, 0.25) is 0 Å². The molecule has 0 radical (unpaired) electrons. The maximum atomic E-state index is 13.7. The molecule has 3 N–H and O–H groups in total. The van der Waals surface area contributed by atoms with E-state index in [0.29, 0.717) is 11.5 Å². The van der Waals surface area contributed by atoms with Gasteiger partial charge in [0.05, 0.1) is 6.20 Å². The minimum absolute atomic E-state index is 0.162. The topological polar surface area (TPSA) is 50.9 Å². The van der Waals surface area contributed by atoms with Gasteiger partial charge < -0.3 is 0 Å². The van der Waals surface area contributed by atoms with Crippen molar-refractivity contribution in [1.29, 1.82) is 0 Å². The molecule has 0 bridgehead atoms. The number of nitrogens with two attached hydrogens (primary N) is 1. The molecule has 18 heavy (non-hydrogen) atoms. The van der Waals surface area contributed by atoms with Crippen molar-refractivity contribution < 1.29 is 4.39 Å². The van der Waals surface area contributed by atoms with Crippen molar-refractivity contribution in [2.75, 3.05) is 0 Å².